The Hall–Kier alpha value is -0.910. The van der Waals surface area contributed by atoms with Crippen LogP contribution in [0.15, 0.2) is 0 Å². The second kappa shape index (κ2) is 11.0. The van der Waals surface area contributed by atoms with Crippen molar-refractivity contribution in [3.63, 3.8) is 0 Å². The number of carbonyl (C=O) groups is 1. The zero-order valence-electron chi connectivity index (χ0n) is 6.63. The van der Waals surface area contributed by atoms with E-state index in [9.17, 15) is 4.79 Å². The molecule has 0 saturated heterocycles. The largest absolute Gasteiger partial charge is 0.300 e. The fraction of sp³-hybridized carbons (Fsp3) is 0.857. The highest BCUT2D eigenvalue weighted by Crippen LogP contribution is 1.98. The van der Waals surface area contributed by atoms with E-state index in [0.717, 1.165) is 12.8 Å². The van der Waals surface area contributed by atoms with Gasteiger partial charge in [-0.3, -0.25) is 0 Å². The van der Waals surface area contributed by atoms with Gasteiger partial charge in [0.2, 0.25) is 0 Å². The molecule has 0 spiro atoms. The maximum atomic E-state index is 10.3. The zero-order valence-corrected chi connectivity index (χ0v) is 6.63. The van der Waals surface area contributed by atoms with Crippen molar-refractivity contribution < 1.29 is 4.79 Å². The van der Waals surface area contributed by atoms with Gasteiger partial charge >= 0.3 is 0 Å². The summed E-state index contributed by atoms with van der Waals surface area (Å²) in [7, 11) is 0. The standard InChI is InChI=1S/C7H14O.N2/c1-3-4-5-6-7(2)8;1-2/h3-6H2,1-2H3;. The van der Waals surface area contributed by atoms with E-state index < -0.39 is 0 Å². The first kappa shape index (κ1) is 11.8. The monoisotopic (exact) mass is 142 g/mol. The Morgan fingerprint density at radius 2 is 1.80 bits per heavy atom. The van der Waals surface area contributed by atoms with Gasteiger partial charge in [-0.2, -0.15) is 0 Å². The van der Waals surface area contributed by atoms with Crippen molar-refractivity contribution in [3.05, 3.63) is 0 Å². The fourth-order valence-electron chi connectivity index (χ4n) is 0.624. The maximum Gasteiger partial charge on any atom is 0.129 e. The Morgan fingerprint density at radius 3 is 2.10 bits per heavy atom. The molecule has 0 bridgehead atoms. The fourth-order valence-corrected chi connectivity index (χ4v) is 0.624. The Labute approximate surface area is 61.8 Å². The lowest BCUT2D eigenvalue weighted by Gasteiger charge is -1.90. The van der Waals surface area contributed by atoms with Gasteiger partial charge in [-0.05, 0) is 13.3 Å². The van der Waals surface area contributed by atoms with Gasteiger partial charge in [0, 0.05) is 17.2 Å². The normalized spacial score (nSPS) is 7.60. The van der Waals surface area contributed by atoms with Crippen molar-refractivity contribution in [2.75, 3.05) is 0 Å². The molecule has 0 rings (SSSR count). The smallest absolute Gasteiger partial charge is 0.129 e. The number of carbonyl (C=O) groups excluding carboxylic acids is 1. The Balaban J connectivity index is 0. The lowest BCUT2D eigenvalue weighted by molar-refractivity contribution is -0.117. The van der Waals surface area contributed by atoms with Crippen LogP contribution in [0.4, 0.5) is 0 Å². The third-order valence-electron chi connectivity index (χ3n) is 1.13. The summed E-state index contributed by atoms with van der Waals surface area (Å²) < 4.78 is 0. The molecule has 58 valence electrons. The third-order valence-corrected chi connectivity index (χ3v) is 1.13. The van der Waals surface area contributed by atoms with Crippen molar-refractivity contribution in [2.45, 2.75) is 39.5 Å². The summed E-state index contributed by atoms with van der Waals surface area (Å²) >= 11 is 0. The summed E-state index contributed by atoms with van der Waals surface area (Å²) in [5, 5.41) is 12.0. The van der Waals surface area contributed by atoms with E-state index in [1.165, 1.54) is 12.8 Å². The van der Waals surface area contributed by atoms with E-state index in [2.05, 4.69) is 6.92 Å². The van der Waals surface area contributed by atoms with Crippen molar-refractivity contribution in [1.82, 2.24) is 0 Å². The molecule has 0 saturated carbocycles. The summed E-state index contributed by atoms with van der Waals surface area (Å²) in [5.41, 5.74) is 0. The van der Waals surface area contributed by atoms with Gasteiger partial charge < -0.3 is 4.79 Å². The van der Waals surface area contributed by atoms with Crippen molar-refractivity contribution >= 4 is 5.78 Å². The van der Waals surface area contributed by atoms with E-state index in [-0.39, 0.29) is 0 Å². The van der Waals surface area contributed by atoms with E-state index in [4.69, 9.17) is 10.8 Å². The number of hydrogen-bond acceptors (Lipinski definition) is 3. The van der Waals surface area contributed by atoms with Crippen LogP contribution in [0.25, 0.3) is 0 Å². The van der Waals surface area contributed by atoms with Crippen LogP contribution in [0.3, 0.4) is 0 Å². The molecule has 0 aromatic heterocycles. The quantitative estimate of drug-likeness (QED) is 0.446. The molecule has 0 aliphatic carbocycles. The maximum absolute atomic E-state index is 10.3. The van der Waals surface area contributed by atoms with E-state index in [1.807, 2.05) is 0 Å². The minimum absolute atomic E-state index is 0.318. The molecule has 0 aliphatic heterocycles. The highest BCUT2D eigenvalue weighted by Gasteiger charge is 1.89. The second-order valence-corrected chi connectivity index (χ2v) is 2.16. The lowest BCUT2D eigenvalue weighted by Crippen LogP contribution is -1.87. The van der Waals surface area contributed by atoms with Gasteiger partial charge in [-0.1, -0.05) is 19.8 Å². The number of unbranched alkanes of at least 4 members (excludes halogenated alkanes) is 2. The van der Waals surface area contributed by atoms with Crippen molar-refractivity contribution in [1.29, 1.82) is 10.8 Å². The minimum atomic E-state index is 0.318. The van der Waals surface area contributed by atoms with Crippen LogP contribution in [0.1, 0.15) is 39.5 Å². The first-order valence-electron chi connectivity index (χ1n) is 3.46. The molecular weight excluding hydrogens is 128 g/mol. The van der Waals surface area contributed by atoms with Crippen LogP contribution in [0.5, 0.6) is 0 Å². The molecule has 0 heterocycles. The SMILES string of the molecule is CCCCCC(C)=O.N#N. The van der Waals surface area contributed by atoms with Gasteiger partial charge in [-0.15, -0.1) is 0 Å². The van der Waals surface area contributed by atoms with Gasteiger partial charge in [0.25, 0.3) is 0 Å². The molecule has 0 aromatic carbocycles. The zero-order chi connectivity index (χ0) is 8.41. The van der Waals surface area contributed by atoms with Gasteiger partial charge in [0.15, 0.2) is 0 Å². The minimum Gasteiger partial charge on any atom is -0.300 e. The average molecular weight is 142 g/mol. The van der Waals surface area contributed by atoms with E-state index in [0.29, 0.717) is 5.78 Å². The summed E-state index contributed by atoms with van der Waals surface area (Å²) in [6.45, 7) is 3.79. The highest BCUT2D eigenvalue weighted by atomic mass is 16.1. The number of nitrogens with zero attached hydrogens (tertiary/aromatic N) is 2. The van der Waals surface area contributed by atoms with Crippen LogP contribution < -0.4 is 0 Å². The average Bonchev–Trinajstić information content (AvgIpc) is 1.92. The molecule has 0 N–H and O–H groups in total. The molecule has 3 nitrogen and oxygen atoms in total. The molecule has 10 heavy (non-hydrogen) atoms. The molecule has 0 fully saturated rings. The molecule has 0 aromatic rings. The molecule has 0 atom stereocenters. The summed E-state index contributed by atoms with van der Waals surface area (Å²) in [6, 6.07) is 0. The lowest BCUT2D eigenvalue weighted by atomic mass is 10.2. The Kier molecular flexibility index (Phi) is 13.0. The highest BCUT2D eigenvalue weighted by molar-refractivity contribution is 5.75. The number of hydrogen-bond donors (Lipinski definition) is 0. The predicted molar refractivity (Wildman–Crippen MR) is 38.3 cm³/mol. The number of rotatable bonds is 4. The molecule has 0 unspecified atom stereocenters. The van der Waals surface area contributed by atoms with Crippen LogP contribution in [0.2, 0.25) is 0 Å². The summed E-state index contributed by atoms with van der Waals surface area (Å²) in [6.07, 6.45) is 4.24. The number of Topliss-reactive ketones (excluding diaryl/α,β-unsaturated/α-hetero) is 1. The first-order chi connectivity index (χ1) is 4.77. The summed E-state index contributed by atoms with van der Waals surface area (Å²) in [5.74, 6) is 0.318. The van der Waals surface area contributed by atoms with Crippen LogP contribution >= 0.6 is 0 Å². The molecule has 3 heteroatoms. The van der Waals surface area contributed by atoms with Crippen LogP contribution in [-0.2, 0) is 4.79 Å². The number of ketones is 1. The van der Waals surface area contributed by atoms with Gasteiger partial charge in [-0.25, -0.2) is 0 Å². The third kappa shape index (κ3) is 15.7. The second-order valence-electron chi connectivity index (χ2n) is 2.16. The topological polar surface area (TPSA) is 64.7 Å². The van der Waals surface area contributed by atoms with E-state index in [1.54, 1.807) is 6.92 Å². The predicted octanol–water partition coefficient (Wildman–Crippen LogP) is 2.19. The Morgan fingerprint density at radius 1 is 1.30 bits per heavy atom. The van der Waals surface area contributed by atoms with E-state index >= 15 is 0 Å². The van der Waals surface area contributed by atoms with Crippen LogP contribution in [0, 0.1) is 10.8 Å². The van der Waals surface area contributed by atoms with Crippen molar-refractivity contribution in [3.8, 4) is 0 Å². The molecule has 0 amide bonds. The molecule has 0 radical (unpaired) electrons. The van der Waals surface area contributed by atoms with Crippen molar-refractivity contribution in [2.24, 2.45) is 0 Å². The van der Waals surface area contributed by atoms with Crippen LogP contribution in [-0.4, -0.2) is 5.78 Å². The van der Waals surface area contributed by atoms with Gasteiger partial charge in [0.05, 0.1) is 0 Å². The molecule has 0 aliphatic rings. The Bertz CT molecular complexity index is 99.0. The van der Waals surface area contributed by atoms with Gasteiger partial charge in [0.1, 0.15) is 5.78 Å². The first-order valence-corrected chi connectivity index (χ1v) is 3.46. The molecular formula is C7H14N2O. The summed E-state index contributed by atoms with van der Waals surface area (Å²) in [4.78, 5) is 10.3.